The van der Waals surface area contributed by atoms with Gasteiger partial charge in [-0.1, -0.05) is 29.8 Å². The zero-order valence-electron chi connectivity index (χ0n) is 14.9. The largest absolute Gasteiger partial charge is 0.465 e. The molecule has 0 saturated carbocycles. The van der Waals surface area contributed by atoms with E-state index in [0.717, 1.165) is 30.9 Å². The molecule has 0 aliphatic carbocycles. The molecule has 0 heterocycles. The van der Waals surface area contributed by atoms with Crippen LogP contribution in [0.15, 0.2) is 42.5 Å². The van der Waals surface area contributed by atoms with E-state index < -0.39 is 34.4 Å². The molecule has 2 rings (SSSR count). The van der Waals surface area contributed by atoms with Crippen molar-refractivity contribution in [1.82, 2.24) is 0 Å². The van der Waals surface area contributed by atoms with Crippen molar-refractivity contribution < 1.29 is 28.8 Å². The summed E-state index contributed by atoms with van der Waals surface area (Å²) in [7, 11) is 1.11. The highest BCUT2D eigenvalue weighted by atomic mass is 16.6. The third-order valence-corrected chi connectivity index (χ3v) is 3.77. The fourth-order valence-electron chi connectivity index (χ4n) is 2.30. The van der Waals surface area contributed by atoms with E-state index in [1.165, 1.54) is 6.92 Å². The molecule has 0 aliphatic rings. The standard InChI is InChI=1S/C19H17NO7/c1-11-4-6-13(7-5-11)17(21)12(2)27-19(23)15-8-14(18(22)26-3)9-16(10-15)20(24)25/h4-10,12H,1-3H3/t12-/m1/s1. The maximum atomic E-state index is 12.4. The second kappa shape index (κ2) is 8.22. The lowest BCUT2D eigenvalue weighted by Crippen LogP contribution is -2.24. The summed E-state index contributed by atoms with van der Waals surface area (Å²) in [6.45, 7) is 3.28. The van der Waals surface area contributed by atoms with Crippen molar-refractivity contribution in [2.45, 2.75) is 20.0 Å². The van der Waals surface area contributed by atoms with Gasteiger partial charge in [0.05, 0.1) is 23.2 Å². The van der Waals surface area contributed by atoms with Crippen LogP contribution in [0.5, 0.6) is 0 Å². The van der Waals surface area contributed by atoms with E-state index in [0.29, 0.717) is 5.56 Å². The van der Waals surface area contributed by atoms with Crippen LogP contribution in [0.2, 0.25) is 0 Å². The first-order valence-electron chi connectivity index (χ1n) is 7.92. The van der Waals surface area contributed by atoms with Crippen molar-refractivity contribution in [2.75, 3.05) is 7.11 Å². The first-order chi connectivity index (χ1) is 12.7. The summed E-state index contributed by atoms with van der Waals surface area (Å²) < 4.78 is 9.65. The number of benzene rings is 2. The first-order valence-corrected chi connectivity index (χ1v) is 7.92. The van der Waals surface area contributed by atoms with Gasteiger partial charge in [0, 0.05) is 17.7 Å². The molecular weight excluding hydrogens is 354 g/mol. The second-order valence-corrected chi connectivity index (χ2v) is 5.80. The SMILES string of the molecule is COC(=O)c1cc(C(=O)O[C@H](C)C(=O)c2ccc(C)cc2)cc([N+](=O)[O-])c1. The summed E-state index contributed by atoms with van der Waals surface area (Å²) in [4.78, 5) is 46.6. The highest BCUT2D eigenvalue weighted by Crippen LogP contribution is 2.20. The van der Waals surface area contributed by atoms with Crippen LogP contribution in [0, 0.1) is 17.0 Å². The Morgan fingerprint density at radius 3 is 2.04 bits per heavy atom. The molecule has 0 saturated heterocycles. The monoisotopic (exact) mass is 371 g/mol. The summed E-state index contributed by atoms with van der Waals surface area (Å²) in [6, 6.07) is 9.82. The third-order valence-electron chi connectivity index (χ3n) is 3.77. The number of carbonyl (C=O) groups is 3. The quantitative estimate of drug-likeness (QED) is 0.332. The molecule has 0 unspecified atom stereocenters. The number of nitro benzene ring substituents is 1. The van der Waals surface area contributed by atoms with Crippen LogP contribution in [0.25, 0.3) is 0 Å². The molecule has 8 nitrogen and oxygen atoms in total. The minimum atomic E-state index is -1.11. The zero-order valence-corrected chi connectivity index (χ0v) is 14.9. The molecule has 2 aromatic carbocycles. The zero-order chi connectivity index (χ0) is 20.1. The predicted octanol–water partition coefficient (Wildman–Crippen LogP) is 3.12. The Morgan fingerprint density at radius 2 is 1.52 bits per heavy atom. The molecule has 0 aromatic heterocycles. The molecule has 0 fully saturated rings. The molecule has 0 bridgehead atoms. The average Bonchev–Trinajstić information content (AvgIpc) is 2.66. The van der Waals surface area contributed by atoms with E-state index >= 15 is 0 Å². The van der Waals surface area contributed by atoms with Crippen molar-refractivity contribution >= 4 is 23.4 Å². The number of non-ortho nitro benzene ring substituents is 1. The summed E-state index contributed by atoms with van der Waals surface area (Å²) >= 11 is 0. The topological polar surface area (TPSA) is 113 Å². The Balaban J connectivity index is 2.24. The van der Waals surface area contributed by atoms with Crippen LogP contribution >= 0.6 is 0 Å². The number of methoxy groups -OCH3 is 1. The average molecular weight is 371 g/mol. The number of esters is 2. The van der Waals surface area contributed by atoms with Crippen LogP contribution in [-0.4, -0.2) is 35.9 Å². The normalized spacial score (nSPS) is 11.4. The van der Waals surface area contributed by atoms with Gasteiger partial charge in [-0.2, -0.15) is 0 Å². The lowest BCUT2D eigenvalue weighted by Gasteiger charge is -2.13. The number of aryl methyl sites for hydroxylation is 1. The molecular formula is C19H17NO7. The fourth-order valence-corrected chi connectivity index (χ4v) is 2.30. The second-order valence-electron chi connectivity index (χ2n) is 5.80. The van der Waals surface area contributed by atoms with Gasteiger partial charge >= 0.3 is 11.9 Å². The highest BCUT2D eigenvalue weighted by molar-refractivity contribution is 6.02. The van der Waals surface area contributed by atoms with Crippen LogP contribution in [0.1, 0.15) is 43.6 Å². The van der Waals surface area contributed by atoms with Gasteiger partial charge in [-0.3, -0.25) is 14.9 Å². The molecule has 0 radical (unpaired) electrons. The van der Waals surface area contributed by atoms with Crippen molar-refractivity contribution in [3.63, 3.8) is 0 Å². The van der Waals surface area contributed by atoms with E-state index in [2.05, 4.69) is 4.74 Å². The Morgan fingerprint density at radius 1 is 0.963 bits per heavy atom. The number of hydrogen-bond acceptors (Lipinski definition) is 7. The summed E-state index contributed by atoms with van der Waals surface area (Å²) in [5.41, 5.74) is 0.477. The molecule has 2 aromatic rings. The van der Waals surface area contributed by atoms with Crippen LogP contribution in [0.3, 0.4) is 0 Å². The smallest absolute Gasteiger partial charge is 0.339 e. The summed E-state index contributed by atoms with van der Waals surface area (Å²) in [6.07, 6.45) is -1.11. The fraction of sp³-hybridized carbons (Fsp3) is 0.211. The minimum absolute atomic E-state index is 0.170. The highest BCUT2D eigenvalue weighted by Gasteiger charge is 2.23. The number of rotatable bonds is 6. The van der Waals surface area contributed by atoms with Gasteiger partial charge in [-0.15, -0.1) is 0 Å². The predicted molar refractivity (Wildman–Crippen MR) is 94.8 cm³/mol. The lowest BCUT2D eigenvalue weighted by molar-refractivity contribution is -0.384. The van der Waals surface area contributed by atoms with Gasteiger partial charge in [-0.25, -0.2) is 9.59 Å². The number of ether oxygens (including phenoxy) is 2. The molecule has 0 amide bonds. The Bertz CT molecular complexity index is 903. The molecule has 1 atom stereocenters. The number of Topliss-reactive ketones (excluding diaryl/α,β-unsaturated/α-hetero) is 1. The number of ketones is 1. The lowest BCUT2D eigenvalue weighted by atomic mass is 10.1. The molecule has 0 N–H and O–H groups in total. The maximum absolute atomic E-state index is 12.4. The molecule has 0 spiro atoms. The van der Waals surface area contributed by atoms with E-state index in [9.17, 15) is 24.5 Å². The van der Waals surface area contributed by atoms with Gasteiger partial charge in [0.2, 0.25) is 5.78 Å². The van der Waals surface area contributed by atoms with Crippen LogP contribution < -0.4 is 0 Å². The van der Waals surface area contributed by atoms with Gasteiger partial charge in [-0.05, 0) is 19.9 Å². The van der Waals surface area contributed by atoms with E-state index in [4.69, 9.17) is 4.74 Å². The Labute approximate surface area is 154 Å². The van der Waals surface area contributed by atoms with Gasteiger partial charge in [0.15, 0.2) is 6.10 Å². The van der Waals surface area contributed by atoms with Crippen molar-refractivity contribution in [2.24, 2.45) is 0 Å². The summed E-state index contributed by atoms with van der Waals surface area (Å²) in [5.74, 6) is -2.21. The molecule has 140 valence electrons. The molecule has 8 heteroatoms. The summed E-state index contributed by atoms with van der Waals surface area (Å²) in [5, 5.41) is 11.0. The number of nitro groups is 1. The number of nitrogens with zero attached hydrogens (tertiary/aromatic N) is 1. The Hall–Kier alpha value is -3.55. The molecule has 27 heavy (non-hydrogen) atoms. The van der Waals surface area contributed by atoms with Crippen molar-refractivity contribution in [3.05, 3.63) is 74.8 Å². The van der Waals surface area contributed by atoms with E-state index in [1.54, 1.807) is 24.3 Å². The molecule has 0 aliphatic heterocycles. The van der Waals surface area contributed by atoms with Gasteiger partial charge in [0.1, 0.15) is 0 Å². The minimum Gasteiger partial charge on any atom is -0.465 e. The van der Waals surface area contributed by atoms with Crippen LogP contribution in [0.4, 0.5) is 5.69 Å². The first kappa shape index (κ1) is 19.8. The number of carbonyl (C=O) groups excluding carboxylic acids is 3. The van der Waals surface area contributed by atoms with Crippen molar-refractivity contribution in [3.8, 4) is 0 Å². The van der Waals surface area contributed by atoms with E-state index in [-0.39, 0.29) is 11.1 Å². The van der Waals surface area contributed by atoms with Crippen molar-refractivity contribution in [1.29, 1.82) is 0 Å². The maximum Gasteiger partial charge on any atom is 0.339 e. The van der Waals surface area contributed by atoms with E-state index in [1.807, 2.05) is 6.92 Å². The van der Waals surface area contributed by atoms with Gasteiger partial charge in [0.25, 0.3) is 5.69 Å². The number of hydrogen-bond donors (Lipinski definition) is 0. The van der Waals surface area contributed by atoms with Crippen LogP contribution in [-0.2, 0) is 9.47 Å². The van der Waals surface area contributed by atoms with Gasteiger partial charge < -0.3 is 9.47 Å². The Kier molecular flexibility index (Phi) is 6.02. The third kappa shape index (κ3) is 4.75.